The van der Waals surface area contributed by atoms with Gasteiger partial charge in [-0.2, -0.15) is 0 Å². The number of nitrogens with one attached hydrogen (secondary N) is 1. The molecule has 0 saturated heterocycles. The van der Waals surface area contributed by atoms with E-state index in [-0.39, 0.29) is 11.9 Å². The SMILES string of the molecule is CC(Nc1nc2cc(F)ccc2s1)c1ccc(Cl)cc1. The highest BCUT2D eigenvalue weighted by atomic mass is 35.5. The third kappa shape index (κ3) is 2.76. The number of aromatic nitrogens is 1. The van der Waals surface area contributed by atoms with Crippen LogP contribution in [0.3, 0.4) is 0 Å². The van der Waals surface area contributed by atoms with Crippen LogP contribution < -0.4 is 5.32 Å². The van der Waals surface area contributed by atoms with Gasteiger partial charge in [0, 0.05) is 11.1 Å². The van der Waals surface area contributed by atoms with Crippen LogP contribution in [-0.2, 0) is 0 Å². The van der Waals surface area contributed by atoms with Crippen molar-refractivity contribution in [3.8, 4) is 0 Å². The van der Waals surface area contributed by atoms with Crippen LogP contribution in [0.25, 0.3) is 10.2 Å². The molecule has 0 spiro atoms. The topological polar surface area (TPSA) is 24.9 Å². The van der Waals surface area contributed by atoms with Crippen LogP contribution in [0.15, 0.2) is 42.5 Å². The first-order valence-electron chi connectivity index (χ1n) is 6.20. The number of benzene rings is 2. The van der Waals surface area contributed by atoms with E-state index >= 15 is 0 Å². The lowest BCUT2D eigenvalue weighted by Gasteiger charge is -2.13. The van der Waals surface area contributed by atoms with Crippen LogP contribution in [0.4, 0.5) is 9.52 Å². The normalized spacial score (nSPS) is 12.6. The Labute approximate surface area is 125 Å². The molecule has 1 N–H and O–H groups in total. The van der Waals surface area contributed by atoms with Crippen LogP contribution in [0.5, 0.6) is 0 Å². The number of hydrogen-bond donors (Lipinski definition) is 1. The van der Waals surface area contributed by atoms with Crippen molar-refractivity contribution in [2.75, 3.05) is 5.32 Å². The molecule has 5 heteroatoms. The third-order valence-electron chi connectivity index (χ3n) is 3.06. The summed E-state index contributed by atoms with van der Waals surface area (Å²) in [6.07, 6.45) is 0. The van der Waals surface area contributed by atoms with Crippen molar-refractivity contribution >= 4 is 38.3 Å². The van der Waals surface area contributed by atoms with E-state index in [2.05, 4.69) is 17.2 Å². The van der Waals surface area contributed by atoms with Crippen LogP contribution in [0.2, 0.25) is 5.02 Å². The largest absolute Gasteiger partial charge is 0.355 e. The van der Waals surface area contributed by atoms with Crippen molar-refractivity contribution in [1.29, 1.82) is 0 Å². The molecular formula is C15H12ClFN2S. The van der Waals surface area contributed by atoms with E-state index in [9.17, 15) is 4.39 Å². The Morgan fingerprint density at radius 1 is 1.20 bits per heavy atom. The molecule has 0 amide bonds. The van der Waals surface area contributed by atoms with Gasteiger partial charge in [0.25, 0.3) is 0 Å². The highest BCUT2D eigenvalue weighted by molar-refractivity contribution is 7.22. The maximum absolute atomic E-state index is 13.1. The highest BCUT2D eigenvalue weighted by Gasteiger charge is 2.09. The average molecular weight is 307 g/mol. The molecule has 0 saturated carbocycles. The molecule has 3 rings (SSSR count). The van der Waals surface area contributed by atoms with Gasteiger partial charge in [0.1, 0.15) is 5.82 Å². The van der Waals surface area contributed by atoms with Crippen molar-refractivity contribution in [1.82, 2.24) is 4.98 Å². The molecule has 1 aromatic heterocycles. The Morgan fingerprint density at radius 3 is 2.70 bits per heavy atom. The van der Waals surface area contributed by atoms with Gasteiger partial charge in [-0.1, -0.05) is 35.1 Å². The molecule has 0 aliphatic rings. The minimum Gasteiger partial charge on any atom is -0.355 e. The highest BCUT2D eigenvalue weighted by Crippen LogP contribution is 2.29. The summed E-state index contributed by atoms with van der Waals surface area (Å²) < 4.78 is 14.1. The molecule has 1 unspecified atom stereocenters. The van der Waals surface area contributed by atoms with Crippen molar-refractivity contribution in [3.05, 3.63) is 58.9 Å². The van der Waals surface area contributed by atoms with Crippen molar-refractivity contribution in [3.63, 3.8) is 0 Å². The molecule has 1 heterocycles. The molecule has 20 heavy (non-hydrogen) atoms. The Hall–Kier alpha value is -1.65. The maximum atomic E-state index is 13.1. The summed E-state index contributed by atoms with van der Waals surface area (Å²) in [7, 11) is 0. The van der Waals surface area contributed by atoms with E-state index in [0.717, 1.165) is 20.4 Å². The van der Waals surface area contributed by atoms with Crippen molar-refractivity contribution in [2.45, 2.75) is 13.0 Å². The predicted octanol–water partition coefficient (Wildman–Crippen LogP) is 5.26. The number of rotatable bonds is 3. The van der Waals surface area contributed by atoms with Crippen molar-refractivity contribution in [2.24, 2.45) is 0 Å². The van der Waals surface area contributed by atoms with E-state index < -0.39 is 0 Å². The van der Waals surface area contributed by atoms with Gasteiger partial charge in [-0.05, 0) is 36.8 Å². The summed E-state index contributed by atoms with van der Waals surface area (Å²) in [5.41, 5.74) is 1.81. The van der Waals surface area contributed by atoms with Gasteiger partial charge in [-0.25, -0.2) is 9.37 Å². The number of thiazole rings is 1. The number of nitrogens with zero attached hydrogens (tertiary/aromatic N) is 1. The van der Waals surface area contributed by atoms with Gasteiger partial charge < -0.3 is 5.32 Å². The van der Waals surface area contributed by atoms with E-state index in [1.807, 2.05) is 24.3 Å². The molecule has 102 valence electrons. The molecule has 1 atom stereocenters. The lowest BCUT2D eigenvalue weighted by atomic mass is 10.1. The summed E-state index contributed by atoms with van der Waals surface area (Å²) in [6, 6.07) is 12.4. The fourth-order valence-electron chi connectivity index (χ4n) is 1.98. The maximum Gasteiger partial charge on any atom is 0.184 e. The first-order valence-corrected chi connectivity index (χ1v) is 7.39. The fraction of sp³-hybridized carbons (Fsp3) is 0.133. The second-order valence-electron chi connectivity index (χ2n) is 4.55. The predicted molar refractivity (Wildman–Crippen MR) is 83.1 cm³/mol. The van der Waals surface area contributed by atoms with Crippen LogP contribution >= 0.6 is 22.9 Å². The van der Waals surface area contributed by atoms with Gasteiger partial charge in [0.2, 0.25) is 0 Å². The number of hydrogen-bond acceptors (Lipinski definition) is 3. The zero-order valence-electron chi connectivity index (χ0n) is 10.7. The second-order valence-corrected chi connectivity index (χ2v) is 6.02. The molecule has 0 radical (unpaired) electrons. The van der Waals surface area contributed by atoms with E-state index in [1.54, 1.807) is 6.07 Å². The van der Waals surface area contributed by atoms with Crippen LogP contribution in [0, 0.1) is 5.82 Å². The van der Waals surface area contributed by atoms with Crippen LogP contribution in [-0.4, -0.2) is 4.98 Å². The molecule has 0 fully saturated rings. The van der Waals surface area contributed by atoms with Crippen LogP contribution in [0.1, 0.15) is 18.5 Å². The average Bonchev–Trinajstić information content (AvgIpc) is 2.80. The summed E-state index contributed by atoms with van der Waals surface area (Å²) in [4.78, 5) is 4.40. The van der Waals surface area contributed by atoms with Gasteiger partial charge in [0.05, 0.1) is 16.3 Å². The zero-order valence-corrected chi connectivity index (χ0v) is 12.3. The molecular weight excluding hydrogens is 295 g/mol. The molecule has 2 nitrogen and oxygen atoms in total. The summed E-state index contributed by atoms with van der Waals surface area (Å²) in [5, 5.41) is 4.83. The Bertz CT molecular complexity index is 739. The third-order valence-corrected chi connectivity index (χ3v) is 4.28. The van der Waals surface area contributed by atoms with E-state index in [1.165, 1.54) is 23.5 Å². The molecule has 3 aromatic rings. The van der Waals surface area contributed by atoms with E-state index in [0.29, 0.717) is 5.52 Å². The van der Waals surface area contributed by atoms with Crippen molar-refractivity contribution < 1.29 is 4.39 Å². The molecule has 0 aliphatic carbocycles. The van der Waals surface area contributed by atoms with E-state index in [4.69, 9.17) is 11.6 Å². The zero-order chi connectivity index (χ0) is 14.1. The van der Waals surface area contributed by atoms with Gasteiger partial charge >= 0.3 is 0 Å². The smallest absolute Gasteiger partial charge is 0.184 e. The van der Waals surface area contributed by atoms with Gasteiger partial charge in [-0.15, -0.1) is 0 Å². The lowest BCUT2D eigenvalue weighted by Crippen LogP contribution is -2.05. The van der Waals surface area contributed by atoms with Gasteiger partial charge in [-0.3, -0.25) is 0 Å². The molecule has 2 aromatic carbocycles. The number of fused-ring (bicyclic) bond motifs is 1. The fourth-order valence-corrected chi connectivity index (χ4v) is 3.04. The second kappa shape index (κ2) is 5.38. The Balaban J connectivity index is 1.83. The first-order chi connectivity index (χ1) is 9.61. The minimum absolute atomic E-state index is 0.109. The monoisotopic (exact) mass is 306 g/mol. The standard InChI is InChI=1S/C15H12ClFN2S/c1-9(10-2-4-11(16)5-3-10)18-15-19-13-8-12(17)6-7-14(13)20-15/h2-9H,1H3,(H,18,19). The Morgan fingerprint density at radius 2 is 1.95 bits per heavy atom. The quantitative estimate of drug-likeness (QED) is 0.713. The summed E-state index contributed by atoms with van der Waals surface area (Å²) >= 11 is 7.40. The molecule has 0 bridgehead atoms. The first kappa shape index (κ1) is 13.3. The lowest BCUT2D eigenvalue weighted by molar-refractivity contribution is 0.629. The number of anilines is 1. The summed E-state index contributed by atoms with van der Waals surface area (Å²) in [6.45, 7) is 2.05. The minimum atomic E-state index is -0.264. The van der Waals surface area contributed by atoms with Gasteiger partial charge in [0.15, 0.2) is 5.13 Å². The molecule has 0 aliphatic heterocycles. The summed E-state index contributed by atoms with van der Waals surface area (Å²) in [5.74, 6) is -0.264. The Kier molecular flexibility index (Phi) is 3.59. The number of halogens is 2.